The molecule has 0 aliphatic heterocycles. The third kappa shape index (κ3) is 5.97. The molecule has 0 fully saturated rings. The van der Waals surface area contributed by atoms with Crippen LogP contribution in [0.4, 0.5) is 0 Å². The monoisotopic (exact) mass is 488 g/mol. The van der Waals surface area contributed by atoms with E-state index in [0.29, 0.717) is 34.1 Å². The van der Waals surface area contributed by atoms with E-state index in [4.69, 9.17) is 18.9 Å². The number of para-hydroxylation sites is 4. The van der Waals surface area contributed by atoms with Gasteiger partial charge in [-0.2, -0.15) is 0 Å². The van der Waals surface area contributed by atoms with Crippen LogP contribution in [0.15, 0.2) is 146 Å². The Morgan fingerprint density at radius 3 is 1.16 bits per heavy atom. The summed E-state index contributed by atoms with van der Waals surface area (Å²) < 4.78 is 24.8. The molecular formula is C32H24O5. The van der Waals surface area contributed by atoms with Crippen molar-refractivity contribution in [2.45, 2.75) is 5.97 Å². The molecule has 0 aliphatic carbocycles. The van der Waals surface area contributed by atoms with Crippen molar-refractivity contribution in [2.24, 2.45) is 0 Å². The average Bonchev–Trinajstić information content (AvgIpc) is 2.95. The number of carbonyl (C=O) groups is 1. The van der Waals surface area contributed by atoms with Gasteiger partial charge < -0.3 is 18.9 Å². The van der Waals surface area contributed by atoms with Crippen LogP contribution in [0.2, 0.25) is 0 Å². The van der Waals surface area contributed by atoms with Gasteiger partial charge in [-0.15, -0.1) is 0 Å². The van der Waals surface area contributed by atoms with E-state index >= 15 is 0 Å². The van der Waals surface area contributed by atoms with Crippen LogP contribution in [0.3, 0.4) is 0 Å². The Morgan fingerprint density at radius 2 is 0.784 bits per heavy atom. The van der Waals surface area contributed by atoms with E-state index in [1.165, 1.54) is 0 Å². The molecule has 0 saturated carbocycles. The van der Waals surface area contributed by atoms with Crippen LogP contribution < -0.4 is 18.9 Å². The third-order valence-corrected chi connectivity index (χ3v) is 5.41. The van der Waals surface area contributed by atoms with Gasteiger partial charge in [-0.25, -0.2) is 4.79 Å². The first-order valence-electron chi connectivity index (χ1n) is 11.8. The third-order valence-electron chi connectivity index (χ3n) is 5.41. The molecule has 5 rings (SSSR count). The summed E-state index contributed by atoms with van der Waals surface area (Å²) in [7, 11) is 0. The standard InChI is InChI=1S/C32H24O5/c33-31(34-27-13-5-1-6-14-27)25-21-23-26(24-22-25)32(35-28-15-7-2-8-16-28,36-29-17-9-3-10-18-29)37-30-19-11-4-12-20-30/h1-24H. The highest BCUT2D eigenvalue weighted by Crippen LogP contribution is 2.34. The second-order valence-electron chi connectivity index (χ2n) is 8.08. The van der Waals surface area contributed by atoms with Crippen molar-refractivity contribution in [3.8, 4) is 23.0 Å². The molecule has 0 N–H and O–H groups in total. The SMILES string of the molecule is O=C(Oc1ccccc1)c1ccc(C(Oc2ccccc2)(Oc2ccccc2)Oc2ccccc2)cc1. The average molecular weight is 489 g/mol. The molecule has 182 valence electrons. The van der Waals surface area contributed by atoms with Crippen molar-refractivity contribution >= 4 is 5.97 Å². The van der Waals surface area contributed by atoms with E-state index in [1.54, 1.807) is 36.4 Å². The van der Waals surface area contributed by atoms with Gasteiger partial charge in [-0.1, -0.05) is 72.8 Å². The molecule has 5 heteroatoms. The fraction of sp³-hybridized carbons (Fsp3) is 0.0312. The van der Waals surface area contributed by atoms with Gasteiger partial charge in [-0.3, -0.25) is 0 Å². The van der Waals surface area contributed by atoms with E-state index < -0.39 is 11.9 Å². The quantitative estimate of drug-likeness (QED) is 0.124. The second kappa shape index (κ2) is 11.1. The number of esters is 1. The van der Waals surface area contributed by atoms with Crippen LogP contribution in [-0.4, -0.2) is 5.97 Å². The van der Waals surface area contributed by atoms with Crippen molar-refractivity contribution in [1.82, 2.24) is 0 Å². The first-order chi connectivity index (χ1) is 18.2. The van der Waals surface area contributed by atoms with Crippen molar-refractivity contribution in [3.63, 3.8) is 0 Å². The van der Waals surface area contributed by atoms with Gasteiger partial charge in [0.05, 0.1) is 11.1 Å². The summed E-state index contributed by atoms with van der Waals surface area (Å²) in [6.07, 6.45) is 0. The lowest BCUT2D eigenvalue weighted by molar-refractivity contribution is -0.263. The van der Waals surface area contributed by atoms with Crippen LogP contribution in [0.25, 0.3) is 0 Å². The van der Waals surface area contributed by atoms with Crippen LogP contribution in [-0.2, 0) is 5.97 Å². The van der Waals surface area contributed by atoms with E-state index in [-0.39, 0.29) is 0 Å². The fourth-order valence-electron chi connectivity index (χ4n) is 3.64. The summed E-state index contributed by atoms with van der Waals surface area (Å²) in [5, 5.41) is 0. The normalized spacial score (nSPS) is 10.8. The Bertz CT molecular complexity index is 1300. The highest BCUT2D eigenvalue weighted by atomic mass is 16.9. The molecule has 0 aliphatic rings. The predicted molar refractivity (Wildman–Crippen MR) is 141 cm³/mol. The number of rotatable bonds is 9. The molecular weight excluding hydrogens is 464 g/mol. The van der Waals surface area contributed by atoms with E-state index in [9.17, 15) is 4.79 Å². The Hall–Kier alpha value is -5.03. The molecule has 5 aromatic carbocycles. The van der Waals surface area contributed by atoms with E-state index in [0.717, 1.165) is 0 Å². The summed E-state index contributed by atoms with van der Waals surface area (Å²) >= 11 is 0. The first kappa shape index (κ1) is 23.7. The maximum absolute atomic E-state index is 12.7. The van der Waals surface area contributed by atoms with Crippen molar-refractivity contribution in [1.29, 1.82) is 0 Å². The van der Waals surface area contributed by atoms with Crippen LogP contribution in [0.5, 0.6) is 23.0 Å². The Balaban J connectivity index is 1.54. The molecule has 0 atom stereocenters. The summed E-state index contributed by atoms with van der Waals surface area (Å²) in [6, 6.07) is 43.6. The minimum absolute atomic E-state index is 0.376. The smallest absolute Gasteiger partial charge is 0.423 e. The van der Waals surface area contributed by atoms with Gasteiger partial charge in [0, 0.05) is 0 Å². The molecule has 5 nitrogen and oxygen atoms in total. The molecule has 0 spiro atoms. The van der Waals surface area contributed by atoms with Gasteiger partial charge >= 0.3 is 11.9 Å². The topological polar surface area (TPSA) is 54.0 Å². The lowest BCUT2D eigenvalue weighted by atomic mass is 10.1. The number of hydrogen-bond acceptors (Lipinski definition) is 5. The van der Waals surface area contributed by atoms with Crippen LogP contribution >= 0.6 is 0 Å². The lowest BCUT2D eigenvalue weighted by Crippen LogP contribution is -2.45. The molecule has 0 amide bonds. The zero-order valence-corrected chi connectivity index (χ0v) is 19.9. The van der Waals surface area contributed by atoms with Gasteiger partial charge in [0.1, 0.15) is 23.0 Å². The largest absolute Gasteiger partial charge is 0.447 e. The Labute approximate surface area is 215 Å². The molecule has 0 unspecified atom stereocenters. The molecule has 0 heterocycles. The highest BCUT2D eigenvalue weighted by Gasteiger charge is 2.42. The fourth-order valence-corrected chi connectivity index (χ4v) is 3.64. The molecule has 37 heavy (non-hydrogen) atoms. The van der Waals surface area contributed by atoms with Gasteiger partial charge in [0.2, 0.25) is 0 Å². The van der Waals surface area contributed by atoms with Crippen LogP contribution in [0, 0.1) is 0 Å². The molecule has 0 bridgehead atoms. The minimum atomic E-state index is -1.70. The summed E-state index contributed by atoms with van der Waals surface area (Å²) in [5.41, 5.74) is 0.918. The number of carbonyl (C=O) groups excluding carboxylic acids is 1. The zero-order chi connectivity index (χ0) is 25.3. The predicted octanol–water partition coefficient (Wildman–Crippen LogP) is 7.25. The summed E-state index contributed by atoms with van der Waals surface area (Å²) in [4.78, 5) is 12.7. The number of ether oxygens (including phenoxy) is 4. The van der Waals surface area contributed by atoms with Crippen molar-refractivity contribution in [3.05, 3.63) is 157 Å². The molecule has 0 radical (unpaired) electrons. The summed E-state index contributed by atoms with van der Waals surface area (Å²) in [6.45, 7) is 0. The van der Waals surface area contributed by atoms with Gasteiger partial charge in [-0.05, 0) is 72.8 Å². The van der Waals surface area contributed by atoms with E-state index in [2.05, 4.69) is 0 Å². The molecule has 0 saturated heterocycles. The zero-order valence-electron chi connectivity index (χ0n) is 19.9. The van der Waals surface area contributed by atoms with Crippen molar-refractivity contribution in [2.75, 3.05) is 0 Å². The highest BCUT2D eigenvalue weighted by molar-refractivity contribution is 5.91. The number of benzene rings is 5. The van der Waals surface area contributed by atoms with E-state index in [1.807, 2.05) is 109 Å². The van der Waals surface area contributed by atoms with Gasteiger partial charge in [0.15, 0.2) is 0 Å². The van der Waals surface area contributed by atoms with Crippen LogP contribution in [0.1, 0.15) is 15.9 Å². The van der Waals surface area contributed by atoms with Gasteiger partial charge in [0.25, 0.3) is 0 Å². The molecule has 0 aromatic heterocycles. The Kier molecular flexibility index (Phi) is 7.14. The number of hydrogen-bond donors (Lipinski definition) is 0. The van der Waals surface area contributed by atoms with Crippen molar-refractivity contribution < 1.29 is 23.7 Å². The summed E-state index contributed by atoms with van der Waals surface area (Å²) in [5.74, 6) is -0.0736. The lowest BCUT2D eigenvalue weighted by Gasteiger charge is -2.34. The Morgan fingerprint density at radius 1 is 0.432 bits per heavy atom. The molecule has 5 aromatic rings. The minimum Gasteiger partial charge on any atom is -0.423 e. The maximum Gasteiger partial charge on any atom is 0.447 e. The second-order valence-corrected chi connectivity index (χ2v) is 8.08. The maximum atomic E-state index is 12.7. The first-order valence-corrected chi connectivity index (χ1v) is 11.8.